The van der Waals surface area contributed by atoms with Crippen LogP contribution >= 0.6 is 0 Å². The summed E-state index contributed by atoms with van der Waals surface area (Å²) in [6, 6.07) is 1.93. The monoisotopic (exact) mass is 483 g/mol. The minimum absolute atomic E-state index is 0.0969. The summed E-state index contributed by atoms with van der Waals surface area (Å²) in [4.78, 5) is 12.7. The minimum Gasteiger partial charge on any atom is -0.353 e. The van der Waals surface area contributed by atoms with Crippen LogP contribution in [0.3, 0.4) is 0 Å². The van der Waals surface area contributed by atoms with Crippen molar-refractivity contribution in [3.63, 3.8) is 0 Å². The molecular weight excluding hydrogens is 454 g/mol. The number of fused-ring (bicyclic) bond motifs is 1. The van der Waals surface area contributed by atoms with E-state index in [2.05, 4.69) is 25.2 Å². The van der Waals surface area contributed by atoms with Gasteiger partial charge in [-0.15, -0.1) is 0 Å². The Morgan fingerprint density at radius 2 is 1.94 bits per heavy atom. The molecule has 1 saturated carbocycles. The first-order valence-electron chi connectivity index (χ1n) is 10.8. The maximum Gasteiger partial charge on any atom is 0.282 e. The van der Waals surface area contributed by atoms with Gasteiger partial charge >= 0.3 is 0 Å². The molecular formula is C19H29N7O4S2. The molecule has 13 heteroatoms. The molecule has 2 N–H and O–H groups in total. The van der Waals surface area contributed by atoms with Gasteiger partial charge in [0, 0.05) is 45.7 Å². The lowest BCUT2D eigenvalue weighted by Crippen LogP contribution is -2.62. The second-order valence-corrected chi connectivity index (χ2v) is 13.5. The van der Waals surface area contributed by atoms with Crippen molar-refractivity contribution in [2.75, 3.05) is 50.9 Å². The number of anilines is 1. The molecule has 0 radical (unpaired) electrons. The van der Waals surface area contributed by atoms with E-state index in [9.17, 15) is 16.8 Å². The first kappa shape index (κ1) is 22.0. The summed E-state index contributed by atoms with van der Waals surface area (Å²) in [5.74, 6) is 0.805. The van der Waals surface area contributed by atoms with Crippen LogP contribution in [0, 0.1) is 0 Å². The van der Waals surface area contributed by atoms with Gasteiger partial charge < -0.3 is 9.88 Å². The van der Waals surface area contributed by atoms with E-state index in [1.165, 1.54) is 23.9 Å². The maximum atomic E-state index is 13.6. The Balaban J connectivity index is 1.38. The molecule has 2 saturated heterocycles. The fraction of sp³-hybridized carbons (Fsp3) is 0.684. The minimum atomic E-state index is -3.83. The van der Waals surface area contributed by atoms with Gasteiger partial charge in [-0.2, -0.15) is 17.0 Å². The number of aromatic nitrogens is 3. The summed E-state index contributed by atoms with van der Waals surface area (Å²) in [7, 11) is -5.83. The van der Waals surface area contributed by atoms with Crippen LogP contribution in [0.2, 0.25) is 0 Å². The third-order valence-corrected chi connectivity index (χ3v) is 11.1. The number of nitrogens with zero attached hydrogens (tertiary/aromatic N) is 5. The highest BCUT2D eigenvalue weighted by Crippen LogP contribution is 2.47. The van der Waals surface area contributed by atoms with Crippen molar-refractivity contribution in [2.45, 2.75) is 36.1 Å². The number of likely N-dealkylation sites (N-methyl/N-ethyl adjacent to an activating group) is 1. The van der Waals surface area contributed by atoms with E-state index in [0.717, 1.165) is 29.7 Å². The van der Waals surface area contributed by atoms with Gasteiger partial charge in [0.25, 0.3) is 10.2 Å². The predicted octanol–water partition coefficient (Wildman–Crippen LogP) is -0.0866. The van der Waals surface area contributed by atoms with Crippen LogP contribution in [0.4, 0.5) is 5.82 Å². The zero-order valence-electron chi connectivity index (χ0n) is 18.3. The van der Waals surface area contributed by atoms with Gasteiger partial charge in [-0.25, -0.2) is 18.4 Å². The molecule has 0 bridgehead atoms. The molecule has 1 atom stereocenters. The van der Waals surface area contributed by atoms with Crippen molar-refractivity contribution in [1.82, 2.24) is 28.9 Å². The summed E-state index contributed by atoms with van der Waals surface area (Å²) in [6.07, 6.45) is 7.17. The summed E-state index contributed by atoms with van der Waals surface area (Å²) >= 11 is 0. The third kappa shape index (κ3) is 3.41. The van der Waals surface area contributed by atoms with Gasteiger partial charge in [-0.1, -0.05) is 0 Å². The highest BCUT2D eigenvalue weighted by molar-refractivity contribution is 7.92. The standard InChI is InChI=1S/C19H29N7O4S2/c1-24(13-19(31(2,27)28)5-3-8-23-19)32(29,30)26-11-10-25(12-18(26)6-7-18)17-15-4-9-20-16(15)21-14-22-17/h4,9,14,23H,3,5-8,10-13H2,1-2H3,(H,20,21,22)/t19-/m0/s1. The Kier molecular flexibility index (Phi) is 5.06. The summed E-state index contributed by atoms with van der Waals surface area (Å²) in [5.41, 5.74) is 0.269. The highest BCUT2D eigenvalue weighted by atomic mass is 32.2. The quantitative estimate of drug-likeness (QED) is 0.583. The van der Waals surface area contributed by atoms with Crippen molar-refractivity contribution in [3.8, 4) is 0 Å². The maximum absolute atomic E-state index is 13.6. The molecule has 3 aliphatic rings. The Labute approximate surface area is 188 Å². The number of hydrogen-bond acceptors (Lipinski definition) is 8. The largest absolute Gasteiger partial charge is 0.353 e. The van der Waals surface area contributed by atoms with Crippen LogP contribution in [-0.2, 0) is 20.0 Å². The molecule has 176 valence electrons. The fourth-order valence-corrected chi connectivity index (χ4v) is 8.27. The number of aromatic amines is 1. The molecule has 0 unspecified atom stereocenters. The number of H-pyrrole nitrogens is 1. The van der Waals surface area contributed by atoms with Crippen LogP contribution in [0.25, 0.3) is 11.0 Å². The lowest BCUT2D eigenvalue weighted by Gasteiger charge is -2.43. The number of rotatable bonds is 6. The lowest BCUT2D eigenvalue weighted by atomic mass is 10.2. The van der Waals surface area contributed by atoms with E-state index < -0.39 is 30.5 Å². The number of nitrogens with one attached hydrogen (secondary N) is 2. The van der Waals surface area contributed by atoms with Gasteiger partial charge in [0.2, 0.25) is 0 Å². The van der Waals surface area contributed by atoms with Gasteiger partial charge in [0.15, 0.2) is 9.84 Å². The molecule has 0 aromatic carbocycles. The Morgan fingerprint density at radius 1 is 1.16 bits per heavy atom. The van der Waals surface area contributed by atoms with E-state index >= 15 is 0 Å². The summed E-state index contributed by atoms with van der Waals surface area (Å²) in [6.45, 7) is 1.84. The molecule has 1 spiro atoms. The van der Waals surface area contributed by atoms with Crippen molar-refractivity contribution < 1.29 is 16.8 Å². The first-order chi connectivity index (χ1) is 15.1. The molecule has 2 aromatic rings. The van der Waals surface area contributed by atoms with Crippen LogP contribution in [-0.4, -0.2) is 96.8 Å². The molecule has 1 aliphatic carbocycles. The second-order valence-electron chi connectivity index (χ2n) is 9.22. The van der Waals surface area contributed by atoms with Gasteiger partial charge in [-0.05, 0) is 38.3 Å². The third-order valence-electron chi connectivity index (χ3n) is 7.11. The van der Waals surface area contributed by atoms with E-state index in [1.807, 2.05) is 12.3 Å². The van der Waals surface area contributed by atoms with Gasteiger partial charge in [-0.3, -0.25) is 5.32 Å². The fourth-order valence-electron chi connectivity index (χ4n) is 5.12. The molecule has 11 nitrogen and oxygen atoms in total. The Hall–Kier alpha value is -1.80. The SMILES string of the molecule is CN(C[C@@]1(S(C)(=O)=O)CCCN1)S(=O)(=O)N1CCN(c2ncnc3[nH]ccc23)CC12CC2. The molecule has 4 heterocycles. The molecule has 2 aromatic heterocycles. The number of piperazine rings is 1. The average Bonchev–Trinajstić information content (AvgIpc) is 3.15. The molecule has 0 amide bonds. The zero-order valence-corrected chi connectivity index (χ0v) is 19.9. The molecule has 2 aliphatic heterocycles. The van der Waals surface area contributed by atoms with Gasteiger partial charge in [0.05, 0.1) is 10.9 Å². The van der Waals surface area contributed by atoms with Crippen molar-refractivity contribution in [3.05, 3.63) is 18.6 Å². The van der Waals surface area contributed by atoms with Crippen molar-refractivity contribution in [1.29, 1.82) is 0 Å². The molecule has 5 rings (SSSR count). The molecule has 3 fully saturated rings. The summed E-state index contributed by atoms with van der Waals surface area (Å²) in [5, 5.41) is 3.97. The normalized spacial score (nSPS) is 26.4. The van der Waals surface area contributed by atoms with Crippen LogP contribution in [0.1, 0.15) is 25.7 Å². The van der Waals surface area contributed by atoms with Crippen LogP contribution in [0.15, 0.2) is 18.6 Å². The van der Waals surface area contributed by atoms with E-state index in [4.69, 9.17) is 0 Å². The Morgan fingerprint density at radius 3 is 2.59 bits per heavy atom. The number of sulfone groups is 1. The lowest BCUT2D eigenvalue weighted by molar-refractivity contribution is 0.245. The smallest absolute Gasteiger partial charge is 0.282 e. The highest BCUT2D eigenvalue weighted by Gasteiger charge is 2.57. The molecule has 32 heavy (non-hydrogen) atoms. The van der Waals surface area contributed by atoms with Gasteiger partial charge in [0.1, 0.15) is 22.7 Å². The predicted molar refractivity (Wildman–Crippen MR) is 121 cm³/mol. The average molecular weight is 484 g/mol. The van der Waals surface area contributed by atoms with Crippen molar-refractivity contribution >= 4 is 36.9 Å². The van der Waals surface area contributed by atoms with Crippen molar-refractivity contribution in [2.24, 2.45) is 0 Å². The first-order valence-corrected chi connectivity index (χ1v) is 14.1. The number of hydrogen-bond donors (Lipinski definition) is 2. The topological polar surface area (TPSA) is 132 Å². The van der Waals surface area contributed by atoms with E-state index in [-0.39, 0.29) is 6.54 Å². The van der Waals surface area contributed by atoms with Crippen LogP contribution in [0.5, 0.6) is 0 Å². The van der Waals surface area contributed by atoms with Crippen LogP contribution < -0.4 is 10.2 Å². The van der Waals surface area contributed by atoms with E-state index in [0.29, 0.717) is 39.0 Å². The summed E-state index contributed by atoms with van der Waals surface area (Å²) < 4.78 is 55.0. The zero-order chi connectivity index (χ0) is 22.8. The Bertz CT molecular complexity index is 1230. The second kappa shape index (κ2) is 7.35. The van der Waals surface area contributed by atoms with E-state index in [1.54, 1.807) is 4.31 Å².